The molecule has 94 valence electrons. The van der Waals surface area contributed by atoms with Crippen molar-refractivity contribution in [2.24, 2.45) is 5.92 Å². The van der Waals surface area contributed by atoms with Gasteiger partial charge in [0.25, 0.3) is 0 Å². The van der Waals surface area contributed by atoms with Crippen molar-refractivity contribution < 1.29 is 0 Å². The van der Waals surface area contributed by atoms with Crippen LogP contribution in [0.5, 0.6) is 0 Å². The molecule has 0 aromatic heterocycles. The first-order chi connectivity index (χ1) is 8.00. The molecule has 1 heteroatoms. The highest BCUT2D eigenvalue weighted by molar-refractivity contribution is 5.21. The molecule has 1 aromatic rings. The van der Waals surface area contributed by atoms with Gasteiger partial charge >= 0.3 is 0 Å². The Balaban J connectivity index is 2.32. The van der Waals surface area contributed by atoms with Crippen molar-refractivity contribution in [1.82, 2.24) is 4.90 Å². The fourth-order valence-corrected chi connectivity index (χ4v) is 3.10. The average Bonchev–Trinajstić information content (AvgIpc) is 2.28. The number of likely N-dealkylation sites (tertiary alicyclic amines) is 1. The maximum absolute atomic E-state index is 2.68. The van der Waals surface area contributed by atoms with Gasteiger partial charge in [0.2, 0.25) is 0 Å². The zero-order chi connectivity index (χ0) is 12.5. The van der Waals surface area contributed by atoms with Crippen LogP contribution < -0.4 is 0 Å². The summed E-state index contributed by atoms with van der Waals surface area (Å²) in [7, 11) is 0. The number of rotatable bonds is 1. The van der Waals surface area contributed by atoms with Gasteiger partial charge < -0.3 is 0 Å². The van der Waals surface area contributed by atoms with Crippen LogP contribution in [-0.4, -0.2) is 17.0 Å². The van der Waals surface area contributed by atoms with E-state index in [0.29, 0.717) is 6.04 Å². The molecular weight excluding hydrogens is 206 g/mol. The Bertz CT molecular complexity index is 350. The van der Waals surface area contributed by atoms with E-state index in [4.69, 9.17) is 0 Å². The quantitative estimate of drug-likeness (QED) is 0.698. The highest BCUT2D eigenvalue weighted by Crippen LogP contribution is 2.39. The lowest BCUT2D eigenvalue weighted by Crippen LogP contribution is -2.48. The Hall–Kier alpha value is -0.820. The van der Waals surface area contributed by atoms with Crippen molar-refractivity contribution >= 4 is 0 Å². The first-order valence-corrected chi connectivity index (χ1v) is 6.82. The summed E-state index contributed by atoms with van der Waals surface area (Å²) >= 11 is 0. The molecule has 0 spiro atoms. The van der Waals surface area contributed by atoms with Crippen molar-refractivity contribution in [3.63, 3.8) is 0 Å². The Morgan fingerprint density at radius 2 is 1.76 bits per heavy atom. The van der Waals surface area contributed by atoms with Gasteiger partial charge in [-0.15, -0.1) is 0 Å². The van der Waals surface area contributed by atoms with Crippen LogP contribution >= 0.6 is 0 Å². The number of piperidine rings is 1. The van der Waals surface area contributed by atoms with Gasteiger partial charge in [-0.2, -0.15) is 0 Å². The maximum Gasteiger partial charge on any atom is 0.0378 e. The molecule has 0 unspecified atom stereocenters. The summed E-state index contributed by atoms with van der Waals surface area (Å²) in [6.07, 6.45) is 2.69. The third-order valence-electron chi connectivity index (χ3n) is 3.94. The third kappa shape index (κ3) is 2.71. The van der Waals surface area contributed by atoms with E-state index in [1.54, 1.807) is 0 Å². The van der Waals surface area contributed by atoms with E-state index in [9.17, 15) is 0 Å². The second kappa shape index (κ2) is 4.81. The topological polar surface area (TPSA) is 3.24 Å². The molecule has 0 bridgehead atoms. The molecule has 1 saturated heterocycles. The standard InChI is InChI=1S/C16H25N/c1-13-9-8-12-17(16(2,3)4)15(13)14-10-6-5-7-11-14/h5-7,10-11,13,15H,8-9,12H2,1-4H3/t13-,15+/m1/s1. The Morgan fingerprint density at radius 3 is 2.35 bits per heavy atom. The van der Waals surface area contributed by atoms with Gasteiger partial charge in [-0.1, -0.05) is 37.3 Å². The van der Waals surface area contributed by atoms with E-state index in [0.717, 1.165) is 5.92 Å². The molecule has 2 atom stereocenters. The first-order valence-electron chi connectivity index (χ1n) is 6.82. The van der Waals surface area contributed by atoms with Crippen LogP contribution in [-0.2, 0) is 0 Å². The molecule has 1 fully saturated rings. The molecule has 17 heavy (non-hydrogen) atoms. The summed E-state index contributed by atoms with van der Waals surface area (Å²) in [5.41, 5.74) is 1.74. The van der Waals surface area contributed by atoms with Crippen molar-refractivity contribution in [2.45, 2.75) is 52.1 Å². The number of benzene rings is 1. The average molecular weight is 231 g/mol. The molecule has 0 aliphatic carbocycles. The van der Waals surface area contributed by atoms with E-state index in [1.165, 1.54) is 24.9 Å². The highest BCUT2D eigenvalue weighted by atomic mass is 15.2. The third-order valence-corrected chi connectivity index (χ3v) is 3.94. The van der Waals surface area contributed by atoms with Crippen LogP contribution in [0, 0.1) is 5.92 Å². The molecule has 1 aliphatic rings. The van der Waals surface area contributed by atoms with Gasteiger partial charge in [0.05, 0.1) is 0 Å². The maximum atomic E-state index is 2.68. The zero-order valence-electron chi connectivity index (χ0n) is 11.6. The highest BCUT2D eigenvalue weighted by Gasteiger charge is 2.35. The first kappa shape index (κ1) is 12.6. The lowest BCUT2D eigenvalue weighted by Gasteiger charge is -2.47. The number of nitrogens with zero attached hydrogens (tertiary/aromatic N) is 1. The van der Waals surface area contributed by atoms with Crippen molar-refractivity contribution in [3.05, 3.63) is 35.9 Å². The smallest absolute Gasteiger partial charge is 0.0378 e. The molecule has 0 saturated carbocycles. The molecule has 1 aromatic carbocycles. The molecule has 2 rings (SSSR count). The van der Waals surface area contributed by atoms with Gasteiger partial charge in [0, 0.05) is 11.6 Å². The molecule has 1 heterocycles. The zero-order valence-corrected chi connectivity index (χ0v) is 11.6. The summed E-state index contributed by atoms with van der Waals surface area (Å²) < 4.78 is 0. The van der Waals surface area contributed by atoms with Crippen LogP contribution in [0.25, 0.3) is 0 Å². The second-order valence-corrected chi connectivity index (χ2v) is 6.34. The molecule has 1 nitrogen and oxygen atoms in total. The van der Waals surface area contributed by atoms with Gasteiger partial charge in [-0.25, -0.2) is 0 Å². The van der Waals surface area contributed by atoms with E-state index < -0.39 is 0 Å². The van der Waals surface area contributed by atoms with E-state index in [1.807, 2.05) is 0 Å². The summed E-state index contributed by atoms with van der Waals surface area (Å²) in [4.78, 5) is 2.68. The Kier molecular flexibility index (Phi) is 3.58. The Labute approximate surface area is 106 Å². The van der Waals surface area contributed by atoms with Crippen LogP contribution in [0.2, 0.25) is 0 Å². The van der Waals surface area contributed by atoms with Crippen molar-refractivity contribution in [2.75, 3.05) is 6.54 Å². The van der Waals surface area contributed by atoms with Crippen molar-refractivity contribution in [1.29, 1.82) is 0 Å². The van der Waals surface area contributed by atoms with Gasteiger partial charge in [0.15, 0.2) is 0 Å². The van der Waals surface area contributed by atoms with E-state index in [2.05, 4.69) is 62.9 Å². The fraction of sp³-hybridized carbons (Fsp3) is 0.625. The monoisotopic (exact) mass is 231 g/mol. The minimum absolute atomic E-state index is 0.259. The predicted octanol–water partition coefficient (Wildman–Crippen LogP) is 4.26. The molecule has 1 aliphatic heterocycles. The lowest BCUT2D eigenvalue weighted by molar-refractivity contribution is 0.0197. The molecule has 0 N–H and O–H groups in total. The summed E-state index contributed by atoms with van der Waals surface area (Å²) in [6.45, 7) is 10.6. The lowest BCUT2D eigenvalue weighted by atomic mass is 9.83. The number of hydrogen-bond acceptors (Lipinski definition) is 1. The Morgan fingerprint density at radius 1 is 1.12 bits per heavy atom. The van der Waals surface area contributed by atoms with E-state index >= 15 is 0 Å². The number of hydrogen-bond donors (Lipinski definition) is 0. The van der Waals surface area contributed by atoms with Crippen LogP contribution in [0.15, 0.2) is 30.3 Å². The van der Waals surface area contributed by atoms with Gasteiger partial charge in [0.1, 0.15) is 0 Å². The predicted molar refractivity (Wildman–Crippen MR) is 74.0 cm³/mol. The van der Waals surface area contributed by atoms with E-state index in [-0.39, 0.29) is 5.54 Å². The summed E-state index contributed by atoms with van der Waals surface area (Å²) in [5.74, 6) is 0.755. The summed E-state index contributed by atoms with van der Waals surface area (Å²) in [6, 6.07) is 11.6. The van der Waals surface area contributed by atoms with Gasteiger partial charge in [-0.05, 0) is 51.6 Å². The van der Waals surface area contributed by atoms with Crippen LogP contribution in [0.4, 0.5) is 0 Å². The minimum atomic E-state index is 0.259. The van der Waals surface area contributed by atoms with Crippen LogP contribution in [0.3, 0.4) is 0 Å². The SMILES string of the molecule is C[C@@H]1CCCN(C(C)(C)C)[C@@H]1c1ccccc1. The van der Waals surface area contributed by atoms with Crippen molar-refractivity contribution in [3.8, 4) is 0 Å². The summed E-state index contributed by atoms with van der Waals surface area (Å²) in [5, 5.41) is 0. The largest absolute Gasteiger partial charge is 0.291 e. The molecule has 0 amide bonds. The minimum Gasteiger partial charge on any atom is -0.291 e. The normalized spacial score (nSPS) is 27.1. The van der Waals surface area contributed by atoms with Crippen LogP contribution in [0.1, 0.15) is 52.1 Å². The van der Waals surface area contributed by atoms with Gasteiger partial charge in [-0.3, -0.25) is 4.90 Å². The molecule has 0 radical (unpaired) electrons. The molecular formula is C16H25N. The second-order valence-electron chi connectivity index (χ2n) is 6.34. The fourth-order valence-electron chi connectivity index (χ4n) is 3.10.